The monoisotopic (exact) mass is 381 g/mol. The summed E-state index contributed by atoms with van der Waals surface area (Å²) in [5, 5.41) is 5.40. The molecule has 0 saturated carbocycles. The number of carbonyl (C=O) groups excluding carboxylic acids is 2. The fourth-order valence-electron chi connectivity index (χ4n) is 2.82. The second-order valence-electron chi connectivity index (χ2n) is 6.27. The number of nitrogens with one attached hydrogen (secondary N) is 2. The Morgan fingerprint density at radius 2 is 1.96 bits per heavy atom. The molecule has 0 aliphatic heterocycles. The van der Waals surface area contributed by atoms with Crippen molar-refractivity contribution in [1.29, 1.82) is 0 Å². The average Bonchev–Trinajstić information content (AvgIpc) is 3.10. The standard InChI is InChI=1S/C20H20FN5O2/c1-26-10-9-23-18(26)17(15-3-2-4-16(21)11-15)25-19(27)14-7-5-13(6-8-14)12-24-20(22)28/h2-11,17H,12H2,1H3,(H,25,27)(H3,22,24,28). The number of carbonyl (C=O) groups is 2. The van der Waals surface area contributed by atoms with Crippen molar-refractivity contribution in [2.24, 2.45) is 12.8 Å². The Labute approximate surface area is 161 Å². The number of hydrogen-bond donors (Lipinski definition) is 3. The maximum absolute atomic E-state index is 13.7. The fourth-order valence-corrected chi connectivity index (χ4v) is 2.82. The molecule has 0 saturated heterocycles. The molecule has 144 valence electrons. The largest absolute Gasteiger partial charge is 0.352 e. The first-order valence-electron chi connectivity index (χ1n) is 8.60. The Morgan fingerprint density at radius 3 is 2.57 bits per heavy atom. The van der Waals surface area contributed by atoms with Crippen LogP contribution in [0.2, 0.25) is 0 Å². The van der Waals surface area contributed by atoms with E-state index in [4.69, 9.17) is 5.73 Å². The van der Waals surface area contributed by atoms with Gasteiger partial charge in [-0.3, -0.25) is 4.79 Å². The van der Waals surface area contributed by atoms with Gasteiger partial charge in [-0.05, 0) is 35.4 Å². The van der Waals surface area contributed by atoms with Gasteiger partial charge in [0.2, 0.25) is 0 Å². The molecule has 1 atom stereocenters. The van der Waals surface area contributed by atoms with Gasteiger partial charge in [-0.1, -0.05) is 24.3 Å². The molecular weight excluding hydrogens is 361 g/mol. The minimum absolute atomic E-state index is 0.274. The predicted molar refractivity (Wildman–Crippen MR) is 102 cm³/mol. The zero-order valence-electron chi connectivity index (χ0n) is 15.2. The van der Waals surface area contributed by atoms with Crippen molar-refractivity contribution in [2.45, 2.75) is 12.6 Å². The lowest BCUT2D eigenvalue weighted by Crippen LogP contribution is -2.31. The number of aryl methyl sites for hydroxylation is 1. The summed E-state index contributed by atoms with van der Waals surface area (Å²) in [6.07, 6.45) is 3.38. The molecule has 28 heavy (non-hydrogen) atoms. The van der Waals surface area contributed by atoms with Crippen LogP contribution in [0.4, 0.5) is 9.18 Å². The third-order valence-electron chi connectivity index (χ3n) is 4.26. The van der Waals surface area contributed by atoms with Gasteiger partial charge in [0, 0.05) is 31.5 Å². The molecule has 3 aromatic rings. The van der Waals surface area contributed by atoms with Gasteiger partial charge in [-0.25, -0.2) is 14.2 Å². The Bertz CT molecular complexity index is 984. The van der Waals surface area contributed by atoms with Crippen molar-refractivity contribution in [2.75, 3.05) is 0 Å². The van der Waals surface area contributed by atoms with Crippen molar-refractivity contribution >= 4 is 11.9 Å². The molecule has 0 fully saturated rings. The minimum Gasteiger partial charge on any atom is -0.352 e. The van der Waals surface area contributed by atoms with Crippen LogP contribution < -0.4 is 16.4 Å². The lowest BCUT2D eigenvalue weighted by molar-refractivity contribution is 0.0941. The van der Waals surface area contributed by atoms with E-state index in [1.807, 2.05) is 0 Å². The van der Waals surface area contributed by atoms with Gasteiger partial charge >= 0.3 is 6.03 Å². The molecule has 0 spiro atoms. The summed E-state index contributed by atoms with van der Waals surface area (Å²) in [7, 11) is 1.81. The summed E-state index contributed by atoms with van der Waals surface area (Å²) < 4.78 is 15.5. The number of imidazole rings is 1. The quantitative estimate of drug-likeness (QED) is 0.610. The number of nitrogens with zero attached hydrogens (tertiary/aromatic N) is 2. The van der Waals surface area contributed by atoms with Crippen molar-refractivity contribution in [1.82, 2.24) is 20.2 Å². The topological polar surface area (TPSA) is 102 Å². The normalized spacial score (nSPS) is 11.6. The number of hydrogen-bond acceptors (Lipinski definition) is 3. The number of rotatable bonds is 6. The van der Waals surface area contributed by atoms with E-state index in [1.54, 1.807) is 60.4 Å². The van der Waals surface area contributed by atoms with Crippen LogP contribution in [0, 0.1) is 5.82 Å². The first kappa shape index (κ1) is 19.1. The predicted octanol–water partition coefficient (Wildman–Crippen LogP) is 2.25. The summed E-state index contributed by atoms with van der Waals surface area (Å²) in [6.45, 7) is 0.274. The van der Waals surface area contributed by atoms with Crippen LogP contribution in [0.15, 0.2) is 60.9 Å². The Kier molecular flexibility index (Phi) is 5.69. The van der Waals surface area contributed by atoms with E-state index < -0.39 is 17.9 Å². The van der Waals surface area contributed by atoms with Gasteiger partial charge in [-0.2, -0.15) is 0 Å². The highest BCUT2D eigenvalue weighted by Gasteiger charge is 2.22. The van der Waals surface area contributed by atoms with E-state index in [9.17, 15) is 14.0 Å². The third-order valence-corrected chi connectivity index (χ3v) is 4.26. The SMILES string of the molecule is Cn1ccnc1C(NC(=O)c1ccc(CNC(N)=O)cc1)c1cccc(F)c1. The third kappa shape index (κ3) is 4.53. The molecule has 0 aliphatic carbocycles. The number of halogens is 1. The number of primary amides is 1. The second-order valence-corrected chi connectivity index (χ2v) is 6.27. The van der Waals surface area contributed by atoms with E-state index in [-0.39, 0.29) is 12.5 Å². The molecule has 8 heteroatoms. The van der Waals surface area contributed by atoms with E-state index in [1.165, 1.54) is 12.1 Å². The zero-order chi connectivity index (χ0) is 20.1. The van der Waals surface area contributed by atoms with Crippen molar-refractivity contribution in [3.63, 3.8) is 0 Å². The van der Waals surface area contributed by atoms with Crippen LogP contribution in [-0.2, 0) is 13.6 Å². The summed E-state index contributed by atoms with van der Waals surface area (Å²) >= 11 is 0. The highest BCUT2D eigenvalue weighted by Crippen LogP contribution is 2.22. The lowest BCUT2D eigenvalue weighted by atomic mass is 10.0. The molecule has 4 N–H and O–H groups in total. The number of aromatic nitrogens is 2. The van der Waals surface area contributed by atoms with E-state index in [0.717, 1.165) is 5.56 Å². The smallest absolute Gasteiger partial charge is 0.312 e. The molecule has 0 radical (unpaired) electrons. The van der Waals surface area contributed by atoms with Crippen LogP contribution in [0.3, 0.4) is 0 Å². The van der Waals surface area contributed by atoms with Gasteiger partial charge in [-0.15, -0.1) is 0 Å². The first-order chi connectivity index (χ1) is 13.4. The van der Waals surface area contributed by atoms with Gasteiger partial charge in [0.25, 0.3) is 5.91 Å². The van der Waals surface area contributed by atoms with E-state index >= 15 is 0 Å². The lowest BCUT2D eigenvalue weighted by Gasteiger charge is -2.19. The van der Waals surface area contributed by atoms with E-state index in [0.29, 0.717) is 17.0 Å². The molecule has 1 heterocycles. The first-order valence-corrected chi connectivity index (χ1v) is 8.60. The van der Waals surface area contributed by atoms with Crippen LogP contribution in [0.5, 0.6) is 0 Å². The zero-order valence-corrected chi connectivity index (χ0v) is 15.2. The van der Waals surface area contributed by atoms with Gasteiger partial charge in [0.1, 0.15) is 17.7 Å². The van der Waals surface area contributed by atoms with Crippen LogP contribution >= 0.6 is 0 Å². The van der Waals surface area contributed by atoms with Crippen molar-refractivity contribution < 1.29 is 14.0 Å². The summed E-state index contributed by atoms with van der Waals surface area (Å²) in [5.74, 6) is -0.134. The molecule has 0 aliphatic rings. The van der Waals surface area contributed by atoms with Crippen LogP contribution in [-0.4, -0.2) is 21.5 Å². The summed E-state index contributed by atoms with van der Waals surface area (Å²) in [4.78, 5) is 27.8. The van der Waals surface area contributed by atoms with Gasteiger partial charge in [0.05, 0.1) is 0 Å². The molecule has 7 nitrogen and oxygen atoms in total. The minimum atomic E-state index is -0.616. The molecule has 0 bridgehead atoms. The van der Waals surface area contributed by atoms with E-state index in [2.05, 4.69) is 15.6 Å². The average molecular weight is 381 g/mol. The number of benzene rings is 2. The summed E-state index contributed by atoms with van der Waals surface area (Å²) in [5.41, 5.74) is 6.87. The highest BCUT2D eigenvalue weighted by molar-refractivity contribution is 5.94. The van der Waals surface area contributed by atoms with Crippen LogP contribution in [0.25, 0.3) is 0 Å². The molecule has 3 rings (SSSR count). The number of nitrogens with two attached hydrogens (primary N) is 1. The molecule has 3 amide bonds. The maximum Gasteiger partial charge on any atom is 0.312 e. The Hall–Kier alpha value is -3.68. The Morgan fingerprint density at radius 1 is 1.21 bits per heavy atom. The second kappa shape index (κ2) is 8.34. The van der Waals surface area contributed by atoms with Gasteiger partial charge in [0.15, 0.2) is 0 Å². The molecular formula is C20H20FN5O2. The molecule has 1 unspecified atom stereocenters. The fraction of sp³-hybridized carbons (Fsp3) is 0.150. The molecule has 2 aromatic carbocycles. The van der Waals surface area contributed by atoms with Crippen LogP contribution in [0.1, 0.15) is 33.4 Å². The van der Waals surface area contributed by atoms with Crippen molar-refractivity contribution in [3.8, 4) is 0 Å². The van der Waals surface area contributed by atoms with Gasteiger partial charge < -0.3 is 20.9 Å². The number of amides is 3. The highest BCUT2D eigenvalue weighted by atomic mass is 19.1. The number of urea groups is 1. The molecule has 1 aromatic heterocycles. The maximum atomic E-state index is 13.7. The summed E-state index contributed by atoms with van der Waals surface area (Å²) in [6, 6.07) is 11.6. The van der Waals surface area contributed by atoms with Crippen molar-refractivity contribution in [3.05, 3.63) is 89.3 Å². The Balaban J connectivity index is 1.82.